The van der Waals surface area contributed by atoms with E-state index in [-0.39, 0.29) is 11.5 Å². The fourth-order valence-corrected chi connectivity index (χ4v) is 4.67. The van der Waals surface area contributed by atoms with E-state index in [2.05, 4.69) is 15.9 Å². The van der Waals surface area contributed by atoms with Crippen LogP contribution in [-0.2, 0) is 4.79 Å². The molecule has 0 fully saturated rings. The van der Waals surface area contributed by atoms with E-state index in [4.69, 9.17) is 4.98 Å². The first kappa shape index (κ1) is 21.3. The standard InChI is InChI=1S/C27H22BrN3O2/c1-3-13-30-24-12-11-18(28)15-21(24)22(26(30)32)16-25-29-23-10-5-4-9-20(23)27(33)31(25)19-8-6-7-17(2)14-19/h4-12,14-16H,3,13H2,1-2H3/b22-16-. The van der Waals surface area contributed by atoms with Crippen molar-refractivity contribution in [2.45, 2.75) is 20.3 Å². The highest BCUT2D eigenvalue weighted by atomic mass is 79.9. The molecule has 3 aromatic carbocycles. The SMILES string of the molecule is CCCN1C(=O)/C(=C\c2nc3ccccc3c(=O)n2-c2cccc(C)c2)c2cc(Br)ccc21. The Morgan fingerprint density at radius 3 is 2.61 bits per heavy atom. The van der Waals surface area contributed by atoms with Gasteiger partial charge in [0.1, 0.15) is 5.82 Å². The first-order valence-corrected chi connectivity index (χ1v) is 11.7. The largest absolute Gasteiger partial charge is 0.308 e. The van der Waals surface area contributed by atoms with E-state index in [1.807, 2.05) is 74.5 Å². The van der Waals surface area contributed by atoms with Crippen LogP contribution in [0.3, 0.4) is 0 Å². The van der Waals surface area contributed by atoms with Crippen LogP contribution in [0.4, 0.5) is 5.69 Å². The van der Waals surface area contributed by atoms with Crippen molar-refractivity contribution >= 4 is 50.1 Å². The number of rotatable bonds is 4. The third-order valence-electron chi connectivity index (χ3n) is 5.80. The highest BCUT2D eigenvalue weighted by Crippen LogP contribution is 2.39. The molecule has 2 heterocycles. The number of nitrogens with zero attached hydrogens (tertiary/aromatic N) is 3. The van der Waals surface area contributed by atoms with Gasteiger partial charge in [-0.3, -0.25) is 14.2 Å². The molecular weight excluding hydrogens is 478 g/mol. The molecule has 1 aliphatic heterocycles. The molecule has 1 aliphatic rings. The van der Waals surface area contributed by atoms with Crippen LogP contribution in [0.1, 0.15) is 30.3 Å². The quantitative estimate of drug-likeness (QED) is 0.335. The van der Waals surface area contributed by atoms with Gasteiger partial charge in [-0.05, 0) is 67.4 Å². The summed E-state index contributed by atoms with van der Waals surface area (Å²) in [4.78, 5) is 33.6. The van der Waals surface area contributed by atoms with Crippen LogP contribution in [0, 0.1) is 6.92 Å². The van der Waals surface area contributed by atoms with Crippen molar-refractivity contribution in [2.75, 3.05) is 11.4 Å². The van der Waals surface area contributed by atoms with Crippen molar-refractivity contribution in [3.63, 3.8) is 0 Å². The van der Waals surface area contributed by atoms with E-state index in [0.29, 0.717) is 28.8 Å². The summed E-state index contributed by atoms with van der Waals surface area (Å²) in [6.45, 7) is 4.66. The Hall–Kier alpha value is -3.51. The lowest BCUT2D eigenvalue weighted by Crippen LogP contribution is -2.27. The number of anilines is 1. The molecule has 33 heavy (non-hydrogen) atoms. The van der Waals surface area contributed by atoms with E-state index in [0.717, 1.165) is 33.4 Å². The van der Waals surface area contributed by atoms with Gasteiger partial charge in [0.15, 0.2) is 0 Å². The molecule has 0 saturated carbocycles. The maximum atomic E-state index is 13.6. The second-order valence-corrected chi connectivity index (χ2v) is 9.06. The number of hydrogen-bond donors (Lipinski definition) is 0. The highest BCUT2D eigenvalue weighted by Gasteiger charge is 2.32. The number of carbonyl (C=O) groups is 1. The molecule has 164 valence electrons. The first-order chi connectivity index (χ1) is 16.0. The number of fused-ring (bicyclic) bond motifs is 2. The maximum Gasteiger partial charge on any atom is 0.266 e. The Morgan fingerprint density at radius 1 is 1.00 bits per heavy atom. The van der Waals surface area contributed by atoms with Crippen molar-refractivity contribution < 1.29 is 4.79 Å². The number of carbonyl (C=O) groups excluding carboxylic acids is 1. The summed E-state index contributed by atoms with van der Waals surface area (Å²) >= 11 is 3.53. The van der Waals surface area contributed by atoms with E-state index >= 15 is 0 Å². The first-order valence-electron chi connectivity index (χ1n) is 10.9. The molecular formula is C27H22BrN3O2. The number of aryl methyl sites for hydroxylation is 1. The van der Waals surface area contributed by atoms with Crippen LogP contribution in [0.25, 0.3) is 28.2 Å². The molecule has 6 heteroatoms. The Kier molecular flexibility index (Phi) is 5.46. The van der Waals surface area contributed by atoms with Gasteiger partial charge in [-0.25, -0.2) is 4.98 Å². The Balaban J connectivity index is 1.81. The Labute approximate surface area is 200 Å². The minimum atomic E-state index is -0.164. The molecule has 0 bridgehead atoms. The van der Waals surface area contributed by atoms with Crippen molar-refractivity contribution in [1.29, 1.82) is 0 Å². The zero-order chi connectivity index (χ0) is 23.1. The lowest BCUT2D eigenvalue weighted by molar-refractivity contribution is -0.113. The van der Waals surface area contributed by atoms with Crippen LogP contribution < -0.4 is 10.5 Å². The molecule has 0 saturated heterocycles. The van der Waals surface area contributed by atoms with Gasteiger partial charge in [0.05, 0.1) is 27.9 Å². The van der Waals surface area contributed by atoms with Crippen LogP contribution in [0.5, 0.6) is 0 Å². The third kappa shape index (κ3) is 3.70. The van der Waals surface area contributed by atoms with Gasteiger partial charge in [0.25, 0.3) is 11.5 Å². The maximum absolute atomic E-state index is 13.6. The van der Waals surface area contributed by atoms with Crippen LogP contribution >= 0.6 is 15.9 Å². The topological polar surface area (TPSA) is 55.2 Å². The van der Waals surface area contributed by atoms with Gasteiger partial charge < -0.3 is 4.90 Å². The molecule has 0 N–H and O–H groups in total. The monoisotopic (exact) mass is 499 g/mol. The van der Waals surface area contributed by atoms with E-state index in [9.17, 15) is 9.59 Å². The second kappa shape index (κ2) is 8.45. The minimum absolute atomic E-state index is 0.0804. The summed E-state index contributed by atoms with van der Waals surface area (Å²) in [5.41, 5.74) is 4.43. The Bertz CT molecular complexity index is 1500. The average molecular weight is 500 g/mol. The number of amides is 1. The van der Waals surface area contributed by atoms with E-state index in [1.165, 1.54) is 0 Å². The van der Waals surface area contributed by atoms with Gasteiger partial charge >= 0.3 is 0 Å². The summed E-state index contributed by atoms with van der Waals surface area (Å²) in [7, 11) is 0. The number of hydrogen-bond acceptors (Lipinski definition) is 3. The number of benzene rings is 3. The van der Waals surface area contributed by atoms with Gasteiger partial charge in [0, 0.05) is 16.6 Å². The fourth-order valence-electron chi connectivity index (χ4n) is 4.31. The normalized spacial score (nSPS) is 14.3. The lowest BCUT2D eigenvalue weighted by atomic mass is 10.1. The smallest absolute Gasteiger partial charge is 0.266 e. The van der Waals surface area contributed by atoms with Crippen LogP contribution in [0.2, 0.25) is 0 Å². The van der Waals surface area contributed by atoms with Crippen molar-refractivity contribution in [1.82, 2.24) is 9.55 Å². The average Bonchev–Trinajstić information content (AvgIpc) is 3.05. The van der Waals surface area contributed by atoms with Crippen LogP contribution in [0.15, 0.2) is 76.0 Å². The molecule has 0 aliphatic carbocycles. The summed E-state index contributed by atoms with van der Waals surface area (Å²) in [6.07, 6.45) is 2.59. The third-order valence-corrected chi connectivity index (χ3v) is 6.29. The molecule has 0 spiro atoms. The molecule has 0 radical (unpaired) electrons. The van der Waals surface area contributed by atoms with Crippen molar-refractivity contribution in [3.05, 3.63) is 98.5 Å². The molecule has 1 aromatic heterocycles. The lowest BCUT2D eigenvalue weighted by Gasteiger charge is -2.15. The molecule has 0 unspecified atom stereocenters. The number of aromatic nitrogens is 2. The number of para-hydroxylation sites is 1. The van der Waals surface area contributed by atoms with Crippen LogP contribution in [-0.4, -0.2) is 22.0 Å². The molecule has 0 atom stereocenters. The fraction of sp³-hybridized carbons (Fsp3) is 0.148. The molecule has 5 nitrogen and oxygen atoms in total. The summed E-state index contributed by atoms with van der Waals surface area (Å²) < 4.78 is 2.48. The zero-order valence-electron chi connectivity index (χ0n) is 18.4. The zero-order valence-corrected chi connectivity index (χ0v) is 20.0. The van der Waals surface area contributed by atoms with Gasteiger partial charge in [-0.1, -0.05) is 47.1 Å². The summed E-state index contributed by atoms with van der Waals surface area (Å²) in [6, 6.07) is 20.9. The molecule has 4 aromatic rings. The predicted octanol–water partition coefficient (Wildman–Crippen LogP) is 5.75. The summed E-state index contributed by atoms with van der Waals surface area (Å²) in [5.74, 6) is 0.347. The highest BCUT2D eigenvalue weighted by molar-refractivity contribution is 9.10. The summed E-state index contributed by atoms with van der Waals surface area (Å²) in [5, 5.41) is 0.537. The van der Waals surface area contributed by atoms with Crippen molar-refractivity contribution in [2.24, 2.45) is 0 Å². The van der Waals surface area contributed by atoms with Crippen molar-refractivity contribution in [3.8, 4) is 5.69 Å². The van der Waals surface area contributed by atoms with Gasteiger partial charge in [-0.2, -0.15) is 0 Å². The number of halogens is 1. The minimum Gasteiger partial charge on any atom is -0.308 e. The van der Waals surface area contributed by atoms with Gasteiger partial charge in [0.2, 0.25) is 0 Å². The molecule has 1 amide bonds. The molecule has 5 rings (SSSR count). The van der Waals surface area contributed by atoms with E-state index < -0.39 is 0 Å². The second-order valence-electron chi connectivity index (χ2n) is 8.14. The predicted molar refractivity (Wildman–Crippen MR) is 137 cm³/mol. The van der Waals surface area contributed by atoms with E-state index in [1.54, 1.807) is 21.6 Å². The Morgan fingerprint density at radius 2 is 1.82 bits per heavy atom. The van der Waals surface area contributed by atoms with Gasteiger partial charge in [-0.15, -0.1) is 0 Å².